The highest BCUT2D eigenvalue weighted by atomic mass is 19.1. The lowest BCUT2D eigenvalue weighted by Gasteiger charge is -2.30. The molecule has 0 unspecified atom stereocenters. The predicted octanol–water partition coefficient (Wildman–Crippen LogP) is 3.63. The number of anilines is 1. The first-order valence-corrected chi connectivity index (χ1v) is 10.2. The SMILES string of the molecule is Cc1ncnc(C)c1-c1cc(NC(=O)c2ccncc2F)ccc1OCCN1CCC1. The first-order valence-electron chi connectivity index (χ1n) is 10.2. The molecule has 0 spiro atoms. The second-order valence-electron chi connectivity index (χ2n) is 7.48. The Morgan fingerprint density at radius 3 is 2.65 bits per heavy atom. The first kappa shape index (κ1) is 20.9. The van der Waals surface area contributed by atoms with Crippen LogP contribution in [0.5, 0.6) is 5.75 Å². The molecule has 1 amide bonds. The number of hydrogen-bond donors (Lipinski definition) is 1. The van der Waals surface area contributed by atoms with Crippen LogP contribution in [0.4, 0.5) is 10.1 Å². The van der Waals surface area contributed by atoms with Gasteiger partial charge in [-0.1, -0.05) is 0 Å². The van der Waals surface area contributed by atoms with Gasteiger partial charge in [0.2, 0.25) is 0 Å². The number of aryl methyl sites for hydroxylation is 2. The monoisotopic (exact) mass is 421 g/mol. The molecule has 160 valence electrons. The van der Waals surface area contributed by atoms with Gasteiger partial charge in [0.05, 0.1) is 11.8 Å². The minimum absolute atomic E-state index is 0.0677. The quantitative estimate of drug-likeness (QED) is 0.628. The number of benzene rings is 1. The van der Waals surface area contributed by atoms with E-state index in [1.165, 1.54) is 25.0 Å². The van der Waals surface area contributed by atoms with Crippen LogP contribution < -0.4 is 10.1 Å². The third-order valence-corrected chi connectivity index (χ3v) is 5.36. The number of nitrogens with one attached hydrogen (secondary N) is 1. The van der Waals surface area contributed by atoms with E-state index < -0.39 is 11.7 Å². The van der Waals surface area contributed by atoms with Gasteiger partial charge in [-0.2, -0.15) is 0 Å². The second-order valence-corrected chi connectivity index (χ2v) is 7.48. The molecule has 4 rings (SSSR count). The number of pyridine rings is 1. The van der Waals surface area contributed by atoms with Gasteiger partial charge in [0.15, 0.2) is 5.82 Å². The lowest BCUT2D eigenvalue weighted by molar-refractivity contribution is 0.102. The van der Waals surface area contributed by atoms with E-state index in [4.69, 9.17) is 4.74 Å². The average Bonchev–Trinajstić information content (AvgIpc) is 2.71. The van der Waals surface area contributed by atoms with Gasteiger partial charge in [0.25, 0.3) is 5.91 Å². The number of rotatable bonds is 7. The molecular weight excluding hydrogens is 397 g/mol. The van der Waals surface area contributed by atoms with Gasteiger partial charge in [0, 0.05) is 40.9 Å². The Morgan fingerprint density at radius 1 is 1.19 bits per heavy atom. The molecule has 3 heterocycles. The van der Waals surface area contributed by atoms with Gasteiger partial charge in [0.1, 0.15) is 18.7 Å². The summed E-state index contributed by atoms with van der Waals surface area (Å²) in [5, 5.41) is 2.76. The van der Waals surface area contributed by atoms with E-state index in [9.17, 15) is 9.18 Å². The third-order valence-electron chi connectivity index (χ3n) is 5.36. The van der Waals surface area contributed by atoms with Crippen LogP contribution in [-0.2, 0) is 0 Å². The summed E-state index contributed by atoms with van der Waals surface area (Å²) in [6.45, 7) is 7.46. The summed E-state index contributed by atoms with van der Waals surface area (Å²) in [6.07, 6.45) is 5.16. The highest BCUT2D eigenvalue weighted by Crippen LogP contribution is 2.35. The molecule has 0 atom stereocenters. The Labute approximate surface area is 180 Å². The Morgan fingerprint density at radius 2 is 1.97 bits per heavy atom. The van der Waals surface area contributed by atoms with Gasteiger partial charge in [-0.3, -0.25) is 14.7 Å². The minimum Gasteiger partial charge on any atom is -0.492 e. The van der Waals surface area contributed by atoms with E-state index in [-0.39, 0.29) is 5.56 Å². The van der Waals surface area contributed by atoms with Crippen molar-refractivity contribution >= 4 is 11.6 Å². The lowest BCUT2D eigenvalue weighted by Crippen LogP contribution is -2.39. The molecule has 8 heteroatoms. The number of likely N-dealkylation sites (tertiary alicyclic amines) is 1. The van der Waals surface area contributed by atoms with Gasteiger partial charge in [-0.25, -0.2) is 14.4 Å². The van der Waals surface area contributed by atoms with Crippen molar-refractivity contribution in [2.75, 3.05) is 31.6 Å². The van der Waals surface area contributed by atoms with E-state index in [2.05, 4.69) is 25.2 Å². The van der Waals surface area contributed by atoms with E-state index in [1.54, 1.807) is 6.07 Å². The number of aromatic nitrogens is 3. The van der Waals surface area contributed by atoms with E-state index in [0.29, 0.717) is 18.0 Å². The second kappa shape index (κ2) is 9.18. The zero-order valence-electron chi connectivity index (χ0n) is 17.6. The molecule has 1 aliphatic rings. The molecule has 31 heavy (non-hydrogen) atoms. The standard InChI is InChI=1S/C23H24FN5O2/c1-15-22(16(2)27-14-26-15)19-12-17(28-23(30)18-6-7-25-13-20(18)24)4-5-21(19)31-11-10-29-8-3-9-29/h4-7,12-14H,3,8-11H2,1-2H3,(H,28,30). The van der Waals surface area contributed by atoms with Crippen LogP contribution in [-0.4, -0.2) is 52.0 Å². The van der Waals surface area contributed by atoms with Crippen molar-refractivity contribution in [2.24, 2.45) is 0 Å². The van der Waals surface area contributed by atoms with Crippen molar-refractivity contribution in [1.82, 2.24) is 19.9 Å². The summed E-state index contributed by atoms with van der Waals surface area (Å²) in [5.74, 6) is -0.529. The lowest BCUT2D eigenvalue weighted by atomic mass is 10.0. The molecule has 1 fully saturated rings. The average molecular weight is 421 g/mol. The maximum Gasteiger partial charge on any atom is 0.258 e. The Kier molecular flexibility index (Phi) is 6.18. The number of hydrogen-bond acceptors (Lipinski definition) is 6. The molecule has 3 aromatic rings. The highest BCUT2D eigenvalue weighted by molar-refractivity contribution is 6.04. The van der Waals surface area contributed by atoms with Crippen LogP contribution >= 0.6 is 0 Å². The number of amides is 1. The van der Waals surface area contributed by atoms with Crippen molar-refractivity contribution in [2.45, 2.75) is 20.3 Å². The van der Waals surface area contributed by atoms with E-state index in [0.717, 1.165) is 48.3 Å². The highest BCUT2D eigenvalue weighted by Gasteiger charge is 2.18. The van der Waals surface area contributed by atoms with Crippen LogP contribution in [0.15, 0.2) is 43.0 Å². The number of carbonyl (C=O) groups excluding carboxylic acids is 1. The first-order chi connectivity index (χ1) is 15.0. The topological polar surface area (TPSA) is 80.2 Å². The van der Waals surface area contributed by atoms with Crippen LogP contribution in [0.2, 0.25) is 0 Å². The molecular formula is C23H24FN5O2. The van der Waals surface area contributed by atoms with Crippen LogP contribution in [0, 0.1) is 19.7 Å². The van der Waals surface area contributed by atoms with Crippen molar-refractivity contribution in [3.63, 3.8) is 0 Å². The summed E-state index contributed by atoms with van der Waals surface area (Å²) in [5.41, 5.74) is 3.71. The van der Waals surface area contributed by atoms with E-state index in [1.807, 2.05) is 26.0 Å². The number of carbonyl (C=O) groups is 1. The normalized spacial score (nSPS) is 13.5. The predicted molar refractivity (Wildman–Crippen MR) is 116 cm³/mol. The van der Waals surface area contributed by atoms with Crippen molar-refractivity contribution in [1.29, 1.82) is 0 Å². The van der Waals surface area contributed by atoms with Crippen LogP contribution in [0.1, 0.15) is 28.2 Å². The summed E-state index contributed by atoms with van der Waals surface area (Å²) >= 11 is 0. The van der Waals surface area contributed by atoms with Gasteiger partial charge in [-0.05, 0) is 57.6 Å². The Hall–Kier alpha value is -3.39. The number of halogens is 1. The molecule has 0 radical (unpaired) electrons. The fourth-order valence-corrected chi connectivity index (χ4v) is 3.56. The van der Waals surface area contributed by atoms with Gasteiger partial charge in [-0.15, -0.1) is 0 Å². The van der Waals surface area contributed by atoms with Crippen molar-refractivity contribution < 1.29 is 13.9 Å². The molecule has 0 bridgehead atoms. The summed E-state index contributed by atoms with van der Waals surface area (Å²) in [6, 6.07) is 6.72. The molecule has 0 aliphatic carbocycles. The molecule has 1 saturated heterocycles. The smallest absolute Gasteiger partial charge is 0.258 e. The van der Waals surface area contributed by atoms with Crippen LogP contribution in [0.3, 0.4) is 0 Å². The fraction of sp³-hybridized carbons (Fsp3) is 0.304. The number of nitrogens with zero attached hydrogens (tertiary/aromatic N) is 4. The largest absolute Gasteiger partial charge is 0.492 e. The maximum atomic E-state index is 13.9. The van der Waals surface area contributed by atoms with E-state index >= 15 is 0 Å². The number of ether oxygens (including phenoxy) is 1. The van der Waals surface area contributed by atoms with Gasteiger partial charge < -0.3 is 10.1 Å². The molecule has 1 aromatic carbocycles. The zero-order chi connectivity index (χ0) is 21.8. The van der Waals surface area contributed by atoms with Gasteiger partial charge >= 0.3 is 0 Å². The summed E-state index contributed by atoms with van der Waals surface area (Å²) in [4.78, 5) is 27.2. The Balaban J connectivity index is 1.63. The fourth-order valence-electron chi connectivity index (χ4n) is 3.56. The van der Waals surface area contributed by atoms with Crippen molar-refractivity contribution in [3.05, 3.63) is 65.8 Å². The molecule has 2 aromatic heterocycles. The third kappa shape index (κ3) is 4.69. The molecule has 1 N–H and O–H groups in total. The zero-order valence-corrected chi connectivity index (χ0v) is 17.6. The van der Waals surface area contributed by atoms with Crippen LogP contribution in [0.25, 0.3) is 11.1 Å². The maximum absolute atomic E-state index is 13.9. The molecule has 1 aliphatic heterocycles. The Bertz CT molecular complexity index is 1080. The van der Waals surface area contributed by atoms with Crippen molar-refractivity contribution in [3.8, 4) is 16.9 Å². The minimum atomic E-state index is -0.672. The molecule has 0 saturated carbocycles. The summed E-state index contributed by atoms with van der Waals surface area (Å²) in [7, 11) is 0. The summed E-state index contributed by atoms with van der Waals surface area (Å²) < 4.78 is 20.0. The molecule has 7 nitrogen and oxygen atoms in total.